The van der Waals surface area contributed by atoms with E-state index in [0.29, 0.717) is 6.04 Å². The van der Waals surface area contributed by atoms with Gasteiger partial charge in [0.05, 0.1) is 6.04 Å². The third-order valence-corrected chi connectivity index (χ3v) is 2.94. The van der Waals surface area contributed by atoms with Gasteiger partial charge in [0, 0.05) is 31.5 Å². The van der Waals surface area contributed by atoms with E-state index in [4.69, 9.17) is 0 Å². The van der Waals surface area contributed by atoms with Gasteiger partial charge in [-0.05, 0) is 11.6 Å². The van der Waals surface area contributed by atoms with Crippen LogP contribution in [0.4, 0.5) is 5.69 Å². The zero-order valence-electron chi connectivity index (χ0n) is 8.64. The third-order valence-electron chi connectivity index (χ3n) is 2.94. The molecule has 0 radical (unpaired) electrons. The molecule has 2 heterocycles. The number of nitrogens with zero attached hydrogens (tertiary/aromatic N) is 2. The molecule has 0 saturated heterocycles. The van der Waals surface area contributed by atoms with Crippen LogP contribution in [0.1, 0.15) is 17.4 Å². The van der Waals surface area contributed by atoms with E-state index in [1.54, 1.807) is 0 Å². The molecular weight excluding hydrogens is 186 g/mol. The van der Waals surface area contributed by atoms with Crippen molar-refractivity contribution in [2.24, 2.45) is 7.05 Å². The maximum absolute atomic E-state index is 4.38. The lowest BCUT2D eigenvalue weighted by Gasteiger charge is -2.10. The molecule has 0 amide bonds. The maximum Gasteiger partial charge on any atom is 0.131 e. The van der Waals surface area contributed by atoms with Gasteiger partial charge in [-0.1, -0.05) is 18.2 Å². The fourth-order valence-corrected chi connectivity index (χ4v) is 2.17. The Labute approximate surface area is 88.8 Å². The number of hydrogen-bond donors (Lipinski definition) is 1. The molecule has 15 heavy (non-hydrogen) atoms. The number of imidazole rings is 1. The molecule has 0 aliphatic carbocycles. The summed E-state index contributed by atoms with van der Waals surface area (Å²) in [7, 11) is 2.03. The van der Waals surface area contributed by atoms with Gasteiger partial charge in [-0.2, -0.15) is 0 Å². The molecule has 0 bridgehead atoms. The van der Waals surface area contributed by atoms with Crippen LogP contribution in [0, 0.1) is 0 Å². The third kappa shape index (κ3) is 1.31. The second-order valence-electron chi connectivity index (χ2n) is 3.95. The lowest BCUT2D eigenvalue weighted by atomic mass is 10.1. The average Bonchev–Trinajstić information content (AvgIpc) is 2.82. The molecular formula is C12H13N3. The molecule has 3 rings (SSSR count). The number of aryl methyl sites for hydroxylation is 1. The number of aromatic nitrogens is 2. The van der Waals surface area contributed by atoms with Crippen molar-refractivity contribution in [2.75, 3.05) is 5.32 Å². The molecule has 76 valence electrons. The fraction of sp³-hybridized carbons (Fsp3) is 0.250. The highest BCUT2D eigenvalue weighted by molar-refractivity contribution is 5.57. The monoisotopic (exact) mass is 199 g/mol. The van der Waals surface area contributed by atoms with Crippen molar-refractivity contribution in [3.8, 4) is 0 Å². The molecule has 0 fully saturated rings. The summed E-state index contributed by atoms with van der Waals surface area (Å²) in [4.78, 5) is 4.38. The van der Waals surface area contributed by atoms with Gasteiger partial charge in [0.2, 0.25) is 0 Å². The first-order valence-electron chi connectivity index (χ1n) is 5.16. The van der Waals surface area contributed by atoms with Crippen molar-refractivity contribution in [2.45, 2.75) is 12.5 Å². The van der Waals surface area contributed by atoms with Gasteiger partial charge >= 0.3 is 0 Å². The molecule has 1 unspecified atom stereocenters. The normalized spacial score (nSPS) is 18.6. The molecule has 3 nitrogen and oxygen atoms in total. The van der Waals surface area contributed by atoms with E-state index in [1.165, 1.54) is 11.3 Å². The molecule has 2 aromatic rings. The van der Waals surface area contributed by atoms with Gasteiger partial charge in [-0.3, -0.25) is 0 Å². The van der Waals surface area contributed by atoms with Crippen molar-refractivity contribution < 1.29 is 0 Å². The smallest absolute Gasteiger partial charge is 0.131 e. The van der Waals surface area contributed by atoms with Crippen LogP contribution in [-0.4, -0.2) is 9.55 Å². The van der Waals surface area contributed by atoms with Crippen LogP contribution in [0.2, 0.25) is 0 Å². The number of anilines is 1. The number of rotatable bonds is 1. The van der Waals surface area contributed by atoms with Crippen molar-refractivity contribution in [3.63, 3.8) is 0 Å². The maximum atomic E-state index is 4.38. The summed E-state index contributed by atoms with van der Waals surface area (Å²) in [5.74, 6) is 1.10. The summed E-state index contributed by atoms with van der Waals surface area (Å²) in [6.07, 6.45) is 4.86. The largest absolute Gasteiger partial charge is 0.375 e. The van der Waals surface area contributed by atoms with E-state index < -0.39 is 0 Å². The number of hydrogen-bond acceptors (Lipinski definition) is 2. The minimum atomic E-state index is 0.322. The van der Waals surface area contributed by atoms with Gasteiger partial charge in [0.25, 0.3) is 0 Å². The SMILES string of the molecule is Cn1ccnc1C1Cc2ccccc2N1. The fourth-order valence-electron chi connectivity index (χ4n) is 2.17. The summed E-state index contributed by atoms with van der Waals surface area (Å²) >= 11 is 0. The summed E-state index contributed by atoms with van der Waals surface area (Å²) < 4.78 is 2.07. The second kappa shape index (κ2) is 3.12. The average molecular weight is 199 g/mol. The van der Waals surface area contributed by atoms with Crippen LogP contribution in [0.15, 0.2) is 36.7 Å². The van der Waals surface area contributed by atoms with Crippen LogP contribution in [0.25, 0.3) is 0 Å². The van der Waals surface area contributed by atoms with Crippen LogP contribution < -0.4 is 5.32 Å². The predicted octanol–water partition coefficient (Wildman–Crippen LogP) is 2.13. The number of para-hydroxylation sites is 1. The Morgan fingerprint density at radius 2 is 2.27 bits per heavy atom. The number of fused-ring (bicyclic) bond motifs is 1. The Balaban J connectivity index is 1.94. The van der Waals surface area contributed by atoms with E-state index in [1.807, 2.05) is 19.4 Å². The summed E-state index contributed by atoms with van der Waals surface area (Å²) in [6.45, 7) is 0. The summed E-state index contributed by atoms with van der Waals surface area (Å²) in [5.41, 5.74) is 2.62. The Bertz CT molecular complexity index is 462. The van der Waals surface area contributed by atoms with Gasteiger partial charge in [-0.25, -0.2) is 4.98 Å². The van der Waals surface area contributed by atoms with E-state index in [2.05, 4.69) is 39.1 Å². The van der Waals surface area contributed by atoms with E-state index in [-0.39, 0.29) is 0 Å². The molecule has 1 aliphatic heterocycles. The van der Waals surface area contributed by atoms with Crippen LogP contribution >= 0.6 is 0 Å². The molecule has 1 aliphatic rings. The lowest BCUT2D eigenvalue weighted by Crippen LogP contribution is -2.11. The highest BCUT2D eigenvalue weighted by atomic mass is 15.1. The molecule has 0 saturated carbocycles. The van der Waals surface area contributed by atoms with Crippen LogP contribution in [0.3, 0.4) is 0 Å². The molecule has 1 aromatic heterocycles. The molecule has 3 heteroatoms. The molecule has 0 spiro atoms. The first kappa shape index (κ1) is 8.53. The second-order valence-corrected chi connectivity index (χ2v) is 3.95. The minimum absolute atomic E-state index is 0.322. The standard InChI is InChI=1S/C12H13N3/c1-15-7-6-13-12(15)11-8-9-4-2-3-5-10(9)14-11/h2-7,11,14H,8H2,1H3. The first-order chi connectivity index (χ1) is 7.34. The van der Waals surface area contributed by atoms with Crippen molar-refractivity contribution in [3.05, 3.63) is 48.0 Å². The molecule has 1 N–H and O–H groups in total. The van der Waals surface area contributed by atoms with Crippen LogP contribution in [0.5, 0.6) is 0 Å². The Morgan fingerprint density at radius 3 is 3.00 bits per heavy atom. The zero-order valence-corrected chi connectivity index (χ0v) is 8.64. The van der Waals surface area contributed by atoms with Gasteiger partial charge < -0.3 is 9.88 Å². The zero-order chi connectivity index (χ0) is 10.3. The van der Waals surface area contributed by atoms with Crippen LogP contribution in [-0.2, 0) is 13.5 Å². The van der Waals surface area contributed by atoms with Gasteiger partial charge in [-0.15, -0.1) is 0 Å². The van der Waals surface area contributed by atoms with Crippen molar-refractivity contribution in [1.29, 1.82) is 0 Å². The summed E-state index contributed by atoms with van der Waals surface area (Å²) in [5, 5.41) is 3.49. The highest BCUT2D eigenvalue weighted by Gasteiger charge is 2.23. The van der Waals surface area contributed by atoms with E-state index in [0.717, 1.165) is 12.2 Å². The quantitative estimate of drug-likeness (QED) is 0.762. The Kier molecular flexibility index (Phi) is 1.78. The topological polar surface area (TPSA) is 29.9 Å². The predicted molar refractivity (Wildman–Crippen MR) is 59.7 cm³/mol. The summed E-state index contributed by atoms with van der Waals surface area (Å²) in [6, 6.07) is 8.76. The Morgan fingerprint density at radius 1 is 1.40 bits per heavy atom. The van der Waals surface area contributed by atoms with Crippen molar-refractivity contribution >= 4 is 5.69 Å². The Hall–Kier alpha value is -1.77. The minimum Gasteiger partial charge on any atom is -0.375 e. The highest BCUT2D eigenvalue weighted by Crippen LogP contribution is 2.32. The lowest BCUT2D eigenvalue weighted by molar-refractivity contribution is 0.694. The number of nitrogens with one attached hydrogen (secondary N) is 1. The number of benzene rings is 1. The van der Waals surface area contributed by atoms with E-state index in [9.17, 15) is 0 Å². The van der Waals surface area contributed by atoms with Gasteiger partial charge in [0.1, 0.15) is 5.82 Å². The first-order valence-corrected chi connectivity index (χ1v) is 5.16. The molecule has 1 atom stereocenters. The van der Waals surface area contributed by atoms with Gasteiger partial charge in [0.15, 0.2) is 0 Å². The van der Waals surface area contributed by atoms with Crippen molar-refractivity contribution in [1.82, 2.24) is 9.55 Å². The van der Waals surface area contributed by atoms with E-state index >= 15 is 0 Å². The molecule has 1 aromatic carbocycles.